The number of fused-ring (bicyclic) bond motifs is 4. The summed E-state index contributed by atoms with van der Waals surface area (Å²) in [6.45, 7) is 0.483. The Morgan fingerprint density at radius 2 is 1.98 bits per heavy atom. The summed E-state index contributed by atoms with van der Waals surface area (Å²) in [4.78, 5) is 30.4. The van der Waals surface area contributed by atoms with E-state index in [4.69, 9.17) is 26.1 Å². The number of phenolic OH excluding ortho intramolecular Hbond substituents is 1. The second-order valence-electron chi connectivity index (χ2n) is 11.2. The van der Waals surface area contributed by atoms with Crippen LogP contribution >= 0.6 is 11.6 Å². The van der Waals surface area contributed by atoms with Gasteiger partial charge in [-0.05, 0) is 58.7 Å². The molecule has 4 aliphatic rings. The van der Waals surface area contributed by atoms with Crippen molar-refractivity contribution in [3.8, 4) is 17.2 Å². The molecule has 1 aromatic carbocycles. The van der Waals surface area contributed by atoms with Crippen molar-refractivity contribution >= 4 is 29.1 Å². The summed E-state index contributed by atoms with van der Waals surface area (Å²) in [5, 5.41) is 22.4. The molecule has 1 aliphatic heterocycles. The Morgan fingerprint density at radius 3 is 2.71 bits per heavy atom. The number of benzene rings is 1. The van der Waals surface area contributed by atoms with Crippen molar-refractivity contribution in [1.82, 2.24) is 10.3 Å². The molecule has 1 aromatic heterocycles. The van der Waals surface area contributed by atoms with Crippen molar-refractivity contribution < 1.29 is 29.3 Å². The predicted molar refractivity (Wildman–Crippen MR) is 159 cm³/mol. The van der Waals surface area contributed by atoms with Crippen LogP contribution in [0.5, 0.6) is 17.2 Å². The monoisotopic (exact) mass is 588 g/mol. The fourth-order valence-electron chi connectivity index (χ4n) is 6.58. The summed E-state index contributed by atoms with van der Waals surface area (Å²) >= 11 is 6.01. The van der Waals surface area contributed by atoms with Gasteiger partial charge in [0, 0.05) is 36.5 Å². The number of phenols is 1. The summed E-state index contributed by atoms with van der Waals surface area (Å²) in [6, 6.07) is 5.25. The van der Waals surface area contributed by atoms with E-state index in [1.165, 1.54) is 42.5 Å². The summed E-state index contributed by atoms with van der Waals surface area (Å²) in [5.41, 5.74) is 7.77. The largest absolute Gasteiger partial charge is 0.506 e. The Bertz CT molecular complexity index is 1580. The minimum atomic E-state index is -1.16. The van der Waals surface area contributed by atoms with Crippen molar-refractivity contribution in [3.05, 3.63) is 86.8 Å². The first-order chi connectivity index (χ1) is 20.3. The molecule has 2 aromatic rings. The Hall–Kier alpha value is -4.04. The van der Waals surface area contributed by atoms with E-state index >= 15 is 0 Å². The van der Waals surface area contributed by atoms with Crippen molar-refractivity contribution in [2.24, 2.45) is 5.92 Å². The Morgan fingerprint density at radius 1 is 1.17 bits per heavy atom. The average molecular weight is 589 g/mol. The number of hydrogen-bond acceptors (Lipinski definition) is 6. The lowest BCUT2D eigenvalue weighted by Gasteiger charge is -2.27. The molecular weight excluding hydrogens is 556 g/mol. The molecule has 6 rings (SSSR count). The van der Waals surface area contributed by atoms with Gasteiger partial charge in [0.25, 0.3) is 0 Å². The molecule has 1 saturated carbocycles. The van der Waals surface area contributed by atoms with E-state index in [1.807, 2.05) is 18.2 Å². The molecule has 1 amide bonds. The maximum Gasteiger partial charge on any atom is 0.326 e. The van der Waals surface area contributed by atoms with E-state index in [0.29, 0.717) is 48.0 Å². The highest BCUT2D eigenvalue weighted by Crippen LogP contribution is 2.54. The number of ether oxygens (including phenoxy) is 2. The van der Waals surface area contributed by atoms with Gasteiger partial charge < -0.3 is 25.0 Å². The topological polar surface area (TPSA) is 118 Å². The van der Waals surface area contributed by atoms with Crippen LogP contribution < -0.4 is 14.8 Å². The lowest BCUT2D eigenvalue weighted by atomic mass is 9.78. The number of aliphatic carboxylic acids is 1. The van der Waals surface area contributed by atoms with Crippen LogP contribution in [-0.4, -0.2) is 46.8 Å². The molecule has 0 unspecified atom stereocenters. The molecule has 3 N–H and O–H groups in total. The number of aromatic hydroxyl groups is 1. The second-order valence-corrected chi connectivity index (χ2v) is 11.6. The van der Waals surface area contributed by atoms with Gasteiger partial charge >= 0.3 is 5.97 Å². The van der Waals surface area contributed by atoms with Crippen LogP contribution in [0.4, 0.5) is 0 Å². The number of hydrogen-bond donors (Lipinski definition) is 3. The number of rotatable bonds is 7. The first-order valence-corrected chi connectivity index (χ1v) is 14.8. The van der Waals surface area contributed by atoms with Crippen LogP contribution in [-0.2, 0) is 16.0 Å². The predicted octanol–water partition coefficient (Wildman–Crippen LogP) is 5.94. The van der Waals surface area contributed by atoms with E-state index in [2.05, 4.69) is 5.32 Å². The minimum Gasteiger partial charge on any atom is -0.506 e. The number of aromatic nitrogens is 1. The maximum absolute atomic E-state index is 13.5. The number of nitrogens with zero attached hydrogens (tertiary/aromatic N) is 1. The highest BCUT2D eigenvalue weighted by molar-refractivity contribution is 6.32. The number of carboxylic acids is 1. The number of pyridine rings is 1. The number of methoxy groups -OCH3 is 1. The van der Waals surface area contributed by atoms with Gasteiger partial charge in [-0.15, -0.1) is 0 Å². The van der Waals surface area contributed by atoms with Crippen LogP contribution in [0.3, 0.4) is 0 Å². The number of amides is 1. The van der Waals surface area contributed by atoms with Crippen LogP contribution in [0.15, 0.2) is 70.5 Å². The fourth-order valence-corrected chi connectivity index (χ4v) is 6.78. The molecular formula is C33H33ClN2O6. The van der Waals surface area contributed by atoms with Crippen LogP contribution in [0.2, 0.25) is 5.02 Å². The van der Waals surface area contributed by atoms with E-state index in [-0.39, 0.29) is 17.2 Å². The van der Waals surface area contributed by atoms with Gasteiger partial charge in [-0.1, -0.05) is 49.1 Å². The normalized spacial score (nSPS) is 19.0. The number of halogens is 1. The van der Waals surface area contributed by atoms with E-state index in [1.54, 1.807) is 19.4 Å². The zero-order valence-electron chi connectivity index (χ0n) is 23.4. The van der Waals surface area contributed by atoms with Gasteiger partial charge in [-0.2, -0.15) is 0 Å². The van der Waals surface area contributed by atoms with Crippen LogP contribution in [0.25, 0.3) is 5.57 Å². The molecule has 218 valence electrons. The van der Waals surface area contributed by atoms with Crippen molar-refractivity contribution in [2.75, 3.05) is 13.7 Å². The summed E-state index contributed by atoms with van der Waals surface area (Å²) in [7, 11) is 1.61. The molecule has 1 atom stereocenters. The first-order valence-electron chi connectivity index (χ1n) is 14.4. The van der Waals surface area contributed by atoms with Gasteiger partial charge in [-0.3, -0.25) is 4.79 Å². The van der Waals surface area contributed by atoms with Gasteiger partial charge in [0.2, 0.25) is 5.91 Å². The maximum atomic E-state index is 13.5. The third-order valence-corrected chi connectivity index (χ3v) is 8.94. The smallest absolute Gasteiger partial charge is 0.326 e. The van der Waals surface area contributed by atoms with Gasteiger partial charge in [0.05, 0.1) is 24.9 Å². The number of allylic oxidation sites excluding steroid dienone is 6. The quantitative estimate of drug-likeness (QED) is 0.366. The molecule has 3 aliphatic carbocycles. The zero-order chi connectivity index (χ0) is 29.4. The fraction of sp³-hybridized carbons (Fsp3) is 0.364. The second kappa shape index (κ2) is 11.7. The van der Waals surface area contributed by atoms with Crippen molar-refractivity contribution in [1.29, 1.82) is 0 Å². The Labute approximate surface area is 249 Å². The Balaban J connectivity index is 1.32. The van der Waals surface area contributed by atoms with E-state index in [9.17, 15) is 19.8 Å². The average Bonchev–Trinajstić information content (AvgIpc) is 3.19. The molecule has 0 radical (unpaired) electrons. The summed E-state index contributed by atoms with van der Waals surface area (Å²) < 4.78 is 11.6. The molecule has 2 heterocycles. The summed E-state index contributed by atoms with van der Waals surface area (Å²) in [5.74, 6) is 0.0974. The number of carboxylic acid groups (broad SMARTS) is 1. The molecule has 0 saturated heterocycles. The first kappa shape index (κ1) is 28.1. The Kier molecular flexibility index (Phi) is 7.82. The van der Waals surface area contributed by atoms with Crippen LogP contribution in [0, 0.1) is 5.92 Å². The highest BCUT2D eigenvalue weighted by atomic mass is 35.5. The molecule has 1 fully saturated rings. The van der Waals surface area contributed by atoms with E-state index < -0.39 is 17.9 Å². The van der Waals surface area contributed by atoms with Crippen molar-refractivity contribution in [2.45, 2.75) is 57.4 Å². The highest BCUT2D eigenvalue weighted by Gasteiger charge is 2.39. The third kappa shape index (κ3) is 5.31. The zero-order valence-corrected chi connectivity index (χ0v) is 24.2. The molecule has 42 heavy (non-hydrogen) atoms. The van der Waals surface area contributed by atoms with Crippen molar-refractivity contribution in [3.63, 3.8) is 0 Å². The SMILES string of the molecule is COc1cnc2c(c1)OCCC1=C3CC(C(=O)N[C@@H](Cc4ccc(O)c(Cl)c4)C(=O)O)=CC=C3C(C3CCCCC3)=C12. The molecule has 9 heteroatoms. The molecule has 8 nitrogen and oxygen atoms in total. The number of carbonyl (C=O) groups is 2. The number of nitrogens with one attached hydrogen (secondary N) is 1. The lowest BCUT2D eigenvalue weighted by Crippen LogP contribution is -2.43. The summed E-state index contributed by atoms with van der Waals surface area (Å²) in [6.07, 6.45) is 12.5. The van der Waals surface area contributed by atoms with Gasteiger partial charge in [0.1, 0.15) is 29.0 Å². The third-order valence-electron chi connectivity index (χ3n) is 8.64. The standard InChI is InChI=1S/C33H33ClN2O6/c1-41-21-16-28-31(35-17-21)30-23(11-12-42-28)24-15-20(8-9-22(24)29(30)19-5-3-2-4-6-19)32(38)36-26(33(39)40)14-18-7-10-27(37)25(34)13-18/h7-10,13,16-17,19,26,37H,2-6,11-12,14-15H2,1H3,(H,36,38)(H,39,40)/t26-/m0/s1. The molecule has 0 bridgehead atoms. The van der Waals surface area contributed by atoms with Gasteiger partial charge in [0.15, 0.2) is 0 Å². The van der Waals surface area contributed by atoms with E-state index in [0.717, 1.165) is 35.3 Å². The molecule has 0 spiro atoms. The lowest BCUT2D eigenvalue weighted by molar-refractivity contribution is -0.141. The van der Waals surface area contributed by atoms with Crippen LogP contribution in [0.1, 0.15) is 56.2 Å². The minimum absolute atomic E-state index is 0.0319. The number of carbonyl (C=O) groups excluding carboxylic acids is 1. The van der Waals surface area contributed by atoms with Gasteiger partial charge in [-0.25, -0.2) is 9.78 Å².